The van der Waals surface area contributed by atoms with Gasteiger partial charge in [0, 0.05) is 17.7 Å². The van der Waals surface area contributed by atoms with Gasteiger partial charge < -0.3 is 14.2 Å². The molecular weight excluding hydrogens is 466 g/mol. The van der Waals surface area contributed by atoms with E-state index in [2.05, 4.69) is 13.2 Å². The van der Waals surface area contributed by atoms with Crippen LogP contribution in [0.15, 0.2) is 79.9 Å². The summed E-state index contributed by atoms with van der Waals surface area (Å²) in [5.74, 6) is -1.73. The van der Waals surface area contributed by atoms with Crippen molar-refractivity contribution in [1.82, 2.24) is 0 Å². The molecule has 3 rings (SSSR count). The predicted molar refractivity (Wildman–Crippen MR) is 134 cm³/mol. The van der Waals surface area contributed by atoms with Gasteiger partial charge in [0.1, 0.15) is 11.6 Å². The van der Waals surface area contributed by atoms with Crippen LogP contribution in [0.1, 0.15) is 18.4 Å². The Hall–Kier alpha value is -4.26. The number of ether oxygens (including phenoxy) is 3. The van der Waals surface area contributed by atoms with E-state index in [1.807, 2.05) is 6.92 Å². The molecule has 0 spiro atoms. The van der Waals surface area contributed by atoms with E-state index in [1.165, 1.54) is 18.2 Å². The zero-order valence-electron chi connectivity index (χ0n) is 19.9. The maximum atomic E-state index is 15.0. The summed E-state index contributed by atoms with van der Waals surface area (Å²) in [7, 11) is 0. The molecular formula is C29H26F2O5. The van der Waals surface area contributed by atoms with Crippen molar-refractivity contribution >= 4 is 11.9 Å². The van der Waals surface area contributed by atoms with Crippen molar-refractivity contribution in [1.29, 1.82) is 0 Å². The summed E-state index contributed by atoms with van der Waals surface area (Å²) in [6, 6.07) is 14.1. The summed E-state index contributed by atoms with van der Waals surface area (Å²) in [5.41, 5.74) is 2.83. The van der Waals surface area contributed by atoms with Crippen molar-refractivity contribution in [2.24, 2.45) is 0 Å². The molecule has 0 saturated carbocycles. The van der Waals surface area contributed by atoms with Gasteiger partial charge in [-0.05, 0) is 72.4 Å². The minimum Gasteiger partial charge on any atom is -0.491 e. The van der Waals surface area contributed by atoms with Crippen LogP contribution in [0, 0.1) is 18.6 Å². The van der Waals surface area contributed by atoms with Gasteiger partial charge in [0.2, 0.25) is 0 Å². The highest BCUT2D eigenvalue weighted by Crippen LogP contribution is 2.32. The van der Waals surface area contributed by atoms with Gasteiger partial charge in [-0.15, -0.1) is 0 Å². The highest BCUT2D eigenvalue weighted by atomic mass is 19.1. The first-order valence-electron chi connectivity index (χ1n) is 11.3. The summed E-state index contributed by atoms with van der Waals surface area (Å²) in [6.07, 6.45) is 3.30. The van der Waals surface area contributed by atoms with Crippen LogP contribution < -0.4 is 9.47 Å². The van der Waals surface area contributed by atoms with E-state index in [9.17, 15) is 14.0 Å². The second kappa shape index (κ2) is 12.4. The Morgan fingerprint density at radius 1 is 0.806 bits per heavy atom. The number of unbranched alkanes of at least 4 members (excludes halogenated alkanes) is 1. The third-order valence-electron chi connectivity index (χ3n) is 5.31. The molecule has 36 heavy (non-hydrogen) atoms. The number of benzene rings is 3. The van der Waals surface area contributed by atoms with E-state index in [0.717, 1.165) is 23.3 Å². The summed E-state index contributed by atoms with van der Waals surface area (Å²) in [6.45, 7) is 8.99. The number of hydrogen-bond donors (Lipinski definition) is 0. The average molecular weight is 493 g/mol. The number of aryl methyl sites for hydroxylation is 1. The lowest BCUT2D eigenvalue weighted by molar-refractivity contribution is -0.137. The first kappa shape index (κ1) is 26.3. The molecule has 0 fully saturated rings. The fraction of sp³-hybridized carbons (Fsp3) is 0.172. The van der Waals surface area contributed by atoms with Gasteiger partial charge in [0.15, 0.2) is 11.6 Å². The first-order valence-corrected chi connectivity index (χ1v) is 11.3. The molecule has 0 aromatic heterocycles. The molecule has 7 heteroatoms. The third kappa shape index (κ3) is 6.88. The molecule has 0 unspecified atom stereocenters. The molecule has 3 aromatic carbocycles. The minimum atomic E-state index is -0.602. The first-order chi connectivity index (χ1) is 17.3. The number of esters is 2. The lowest BCUT2D eigenvalue weighted by Crippen LogP contribution is -2.05. The van der Waals surface area contributed by atoms with Crippen LogP contribution >= 0.6 is 0 Å². The molecule has 0 aliphatic rings. The van der Waals surface area contributed by atoms with E-state index in [0.29, 0.717) is 29.7 Å². The standard InChI is InChI=1S/C29H26F2O5/c1-4-28(32)35-15-7-6-14-34-27-13-9-21(18-26(27)31)24-11-8-20(17-25(24)30)23-12-10-22(16-19(23)3)36-29(33)5-2/h4-5,8-13,16-18H,1-2,6-7,14-15H2,3H3. The van der Waals surface area contributed by atoms with Gasteiger partial charge in [-0.25, -0.2) is 18.4 Å². The Bertz CT molecular complexity index is 1280. The van der Waals surface area contributed by atoms with Crippen LogP contribution in [-0.2, 0) is 14.3 Å². The minimum absolute atomic E-state index is 0.0618. The second-order valence-electron chi connectivity index (χ2n) is 7.87. The van der Waals surface area contributed by atoms with Gasteiger partial charge in [0.05, 0.1) is 13.2 Å². The van der Waals surface area contributed by atoms with Gasteiger partial charge >= 0.3 is 11.9 Å². The molecule has 0 radical (unpaired) electrons. The SMILES string of the molecule is C=CC(=O)OCCCCOc1ccc(-c2ccc(-c3ccc(OC(=O)C=C)cc3C)cc2F)cc1F. The molecule has 0 saturated heterocycles. The fourth-order valence-corrected chi connectivity index (χ4v) is 3.50. The van der Waals surface area contributed by atoms with Crippen LogP contribution in [0.25, 0.3) is 22.3 Å². The molecule has 0 aliphatic heterocycles. The quantitative estimate of drug-likeness (QED) is 0.131. The Balaban J connectivity index is 1.66. The molecule has 3 aromatic rings. The Morgan fingerprint density at radius 2 is 1.44 bits per heavy atom. The number of hydrogen-bond acceptors (Lipinski definition) is 5. The van der Waals surface area contributed by atoms with Gasteiger partial charge in [-0.1, -0.05) is 37.4 Å². The number of rotatable bonds is 11. The Labute approximate surface area is 208 Å². The fourth-order valence-electron chi connectivity index (χ4n) is 3.50. The Morgan fingerprint density at radius 3 is 2.11 bits per heavy atom. The van der Waals surface area contributed by atoms with Crippen molar-refractivity contribution in [3.8, 4) is 33.8 Å². The van der Waals surface area contributed by atoms with Gasteiger partial charge in [0.25, 0.3) is 0 Å². The summed E-state index contributed by atoms with van der Waals surface area (Å²) in [5, 5.41) is 0. The Kier molecular flexibility index (Phi) is 9.11. The van der Waals surface area contributed by atoms with Crippen LogP contribution in [0.3, 0.4) is 0 Å². The molecule has 0 bridgehead atoms. The molecule has 0 amide bonds. The molecule has 0 atom stereocenters. The van der Waals surface area contributed by atoms with E-state index in [1.54, 1.807) is 36.4 Å². The lowest BCUT2D eigenvalue weighted by Gasteiger charge is -2.12. The largest absolute Gasteiger partial charge is 0.491 e. The molecule has 0 N–H and O–H groups in total. The number of halogens is 2. The summed E-state index contributed by atoms with van der Waals surface area (Å²) >= 11 is 0. The maximum Gasteiger partial charge on any atom is 0.335 e. The maximum absolute atomic E-state index is 15.0. The summed E-state index contributed by atoms with van der Waals surface area (Å²) in [4.78, 5) is 22.4. The van der Waals surface area contributed by atoms with Crippen LogP contribution in [-0.4, -0.2) is 25.2 Å². The van der Waals surface area contributed by atoms with E-state index >= 15 is 4.39 Å². The van der Waals surface area contributed by atoms with E-state index < -0.39 is 23.6 Å². The zero-order chi connectivity index (χ0) is 26.1. The number of carbonyl (C=O) groups is 2. The predicted octanol–water partition coefficient (Wildman–Crippen LogP) is 6.59. The van der Waals surface area contributed by atoms with Crippen molar-refractivity contribution in [3.63, 3.8) is 0 Å². The summed E-state index contributed by atoms with van der Waals surface area (Å²) < 4.78 is 45.0. The smallest absolute Gasteiger partial charge is 0.335 e. The van der Waals surface area contributed by atoms with Gasteiger partial charge in [-0.2, -0.15) is 0 Å². The van der Waals surface area contributed by atoms with Crippen molar-refractivity contribution < 1.29 is 32.6 Å². The van der Waals surface area contributed by atoms with Crippen LogP contribution in [0.2, 0.25) is 0 Å². The van der Waals surface area contributed by atoms with Crippen molar-refractivity contribution in [2.45, 2.75) is 19.8 Å². The average Bonchev–Trinajstić information content (AvgIpc) is 2.86. The van der Waals surface area contributed by atoms with Crippen molar-refractivity contribution in [3.05, 3.63) is 97.1 Å². The van der Waals surface area contributed by atoms with Crippen LogP contribution in [0.5, 0.6) is 11.5 Å². The molecule has 0 aliphatic carbocycles. The normalized spacial score (nSPS) is 10.4. The lowest BCUT2D eigenvalue weighted by atomic mass is 9.96. The highest BCUT2D eigenvalue weighted by molar-refractivity contribution is 5.83. The zero-order valence-corrected chi connectivity index (χ0v) is 19.9. The number of carbonyl (C=O) groups excluding carboxylic acids is 2. The van der Waals surface area contributed by atoms with Crippen molar-refractivity contribution in [2.75, 3.05) is 13.2 Å². The van der Waals surface area contributed by atoms with E-state index in [4.69, 9.17) is 14.2 Å². The molecule has 186 valence electrons. The molecule has 5 nitrogen and oxygen atoms in total. The second-order valence-corrected chi connectivity index (χ2v) is 7.87. The van der Waals surface area contributed by atoms with Gasteiger partial charge in [-0.3, -0.25) is 0 Å². The molecule has 0 heterocycles. The van der Waals surface area contributed by atoms with E-state index in [-0.39, 0.29) is 24.5 Å². The third-order valence-corrected chi connectivity index (χ3v) is 5.31. The topological polar surface area (TPSA) is 61.8 Å². The highest BCUT2D eigenvalue weighted by Gasteiger charge is 2.13. The monoisotopic (exact) mass is 492 g/mol. The van der Waals surface area contributed by atoms with Crippen LogP contribution in [0.4, 0.5) is 8.78 Å².